The van der Waals surface area contributed by atoms with Crippen molar-refractivity contribution in [3.05, 3.63) is 23.0 Å². The molecule has 0 bridgehead atoms. The van der Waals surface area contributed by atoms with Crippen LogP contribution in [0.1, 0.15) is 0 Å². The van der Waals surface area contributed by atoms with Gasteiger partial charge in [0.2, 0.25) is 0 Å². The lowest BCUT2D eigenvalue weighted by molar-refractivity contribution is -0.135. The molecule has 0 aromatic rings. The lowest BCUT2D eigenvalue weighted by atomic mass is 10.7. The third-order valence-electron chi connectivity index (χ3n) is 0.968. The predicted octanol–water partition coefficient (Wildman–Crippen LogP) is 1.09. The lowest BCUT2D eigenvalue weighted by Crippen LogP contribution is -1.93. The largest absolute Gasteiger partial charge is 0.466 e. The summed E-state index contributed by atoms with van der Waals surface area (Å²) in [5.41, 5.74) is 0. The number of hydrogen-bond donors (Lipinski definition) is 0. The van der Waals surface area contributed by atoms with Gasteiger partial charge in [-0.05, 0) is 10.8 Å². The fraction of sp³-hybridized carbons (Fsp3) is 0.250. The molecule has 0 N–H and O–H groups in total. The second-order valence-electron chi connectivity index (χ2n) is 1.79. The first-order valence-electron chi connectivity index (χ1n) is 3.35. The molecule has 0 atom stereocenters. The number of carbonyl (C=O) groups is 2. The van der Waals surface area contributed by atoms with Gasteiger partial charge in [0.1, 0.15) is 0 Å². The number of esters is 2. The number of carbonyl (C=O) groups excluding carboxylic acids is 2. The van der Waals surface area contributed by atoms with Crippen LogP contribution in [-0.4, -0.2) is 26.2 Å². The molecule has 0 rings (SSSR count). The zero-order valence-electron chi connectivity index (χ0n) is 7.35. The normalized spacial score (nSPS) is 10.6. The summed E-state index contributed by atoms with van der Waals surface area (Å²) in [6.45, 7) is 0. The first-order valence-corrected chi connectivity index (χ1v) is 4.29. The topological polar surface area (TPSA) is 52.6 Å². The van der Waals surface area contributed by atoms with Crippen molar-refractivity contribution >= 4 is 23.7 Å². The molecular formula is C8H10O4S. The van der Waals surface area contributed by atoms with Gasteiger partial charge in [-0.2, -0.15) is 0 Å². The summed E-state index contributed by atoms with van der Waals surface area (Å²) in [4.78, 5) is 21.1. The Morgan fingerprint density at radius 1 is 1.00 bits per heavy atom. The number of methoxy groups -OCH3 is 2. The Morgan fingerprint density at radius 2 is 1.38 bits per heavy atom. The zero-order valence-corrected chi connectivity index (χ0v) is 8.17. The van der Waals surface area contributed by atoms with E-state index in [9.17, 15) is 9.59 Å². The van der Waals surface area contributed by atoms with Gasteiger partial charge in [0.05, 0.1) is 14.2 Å². The molecule has 0 aliphatic carbocycles. The smallest absolute Gasteiger partial charge is 0.330 e. The molecule has 0 saturated heterocycles. The van der Waals surface area contributed by atoms with Crippen LogP contribution < -0.4 is 0 Å². The Kier molecular flexibility index (Phi) is 6.72. The average Bonchev–Trinajstić information content (AvgIpc) is 2.16. The predicted molar refractivity (Wildman–Crippen MR) is 49.9 cm³/mol. The van der Waals surface area contributed by atoms with Crippen LogP contribution in [0.4, 0.5) is 0 Å². The summed E-state index contributed by atoms with van der Waals surface area (Å²) in [5.74, 6) is -0.863. The second-order valence-corrected chi connectivity index (χ2v) is 2.60. The number of rotatable bonds is 4. The van der Waals surface area contributed by atoms with Gasteiger partial charge in [-0.15, -0.1) is 11.8 Å². The van der Waals surface area contributed by atoms with Crippen LogP contribution in [0.2, 0.25) is 0 Å². The molecule has 0 radical (unpaired) electrons. The van der Waals surface area contributed by atoms with E-state index in [2.05, 4.69) is 9.47 Å². The first kappa shape index (κ1) is 11.8. The SMILES string of the molecule is COC(=O)/C=C\S/C=C/C(=O)OC. The number of hydrogen-bond acceptors (Lipinski definition) is 5. The quantitative estimate of drug-likeness (QED) is 0.504. The van der Waals surface area contributed by atoms with Crippen molar-refractivity contribution in [2.45, 2.75) is 0 Å². The summed E-state index contributed by atoms with van der Waals surface area (Å²) in [6.07, 6.45) is 2.51. The molecule has 0 aromatic heterocycles. The molecule has 0 aromatic carbocycles. The monoisotopic (exact) mass is 202 g/mol. The highest BCUT2D eigenvalue weighted by molar-refractivity contribution is 8.04. The van der Waals surface area contributed by atoms with Crippen LogP contribution in [-0.2, 0) is 19.1 Å². The fourth-order valence-corrected chi connectivity index (χ4v) is 0.841. The van der Waals surface area contributed by atoms with E-state index in [1.165, 1.54) is 48.9 Å². The lowest BCUT2D eigenvalue weighted by Gasteiger charge is -1.88. The minimum atomic E-state index is -0.432. The van der Waals surface area contributed by atoms with E-state index in [4.69, 9.17) is 0 Å². The molecule has 0 spiro atoms. The molecule has 0 saturated carbocycles. The third kappa shape index (κ3) is 7.14. The Balaban J connectivity index is 3.66. The number of thioether (sulfide) groups is 1. The van der Waals surface area contributed by atoms with Crippen molar-refractivity contribution in [3.63, 3.8) is 0 Å². The highest BCUT2D eigenvalue weighted by Crippen LogP contribution is 2.03. The molecule has 4 nitrogen and oxygen atoms in total. The van der Waals surface area contributed by atoms with Crippen molar-refractivity contribution in [1.82, 2.24) is 0 Å². The summed E-state index contributed by atoms with van der Waals surface area (Å²) in [7, 11) is 2.59. The molecule has 0 heterocycles. The van der Waals surface area contributed by atoms with Crippen LogP contribution in [0.15, 0.2) is 23.0 Å². The Labute approximate surface area is 80.6 Å². The van der Waals surface area contributed by atoms with Gasteiger partial charge < -0.3 is 9.47 Å². The van der Waals surface area contributed by atoms with Gasteiger partial charge in [0, 0.05) is 12.2 Å². The van der Waals surface area contributed by atoms with Crippen LogP contribution in [0.3, 0.4) is 0 Å². The van der Waals surface area contributed by atoms with Gasteiger partial charge in [0.15, 0.2) is 0 Å². The molecule has 0 amide bonds. The summed E-state index contributed by atoms with van der Waals surface area (Å²) >= 11 is 1.18. The summed E-state index contributed by atoms with van der Waals surface area (Å²) in [5, 5.41) is 3.01. The summed E-state index contributed by atoms with van der Waals surface area (Å²) < 4.78 is 8.69. The first-order chi connectivity index (χ1) is 6.20. The highest BCUT2D eigenvalue weighted by atomic mass is 32.2. The van der Waals surface area contributed by atoms with Gasteiger partial charge in [0.25, 0.3) is 0 Å². The Bertz CT molecular complexity index is 208. The van der Waals surface area contributed by atoms with Crippen LogP contribution in [0, 0.1) is 0 Å². The third-order valence-corrected chi connectivity index (χ3v) is 1.55. The molecule has 0 aliphatic rings. The van der Waals surface area contributed by atoms with E-state index >= 15 is 0 Å². The minimum absolute atomic E-state index is 0.432. The Hall–Kier alpha value is -1.23. The maximum atomic E-state index is 10.5. The standard InChI is InChI=1S/C8H10O4S/c1-11-7(9)3-5-13-6-4-8(10)12-2/h3-6H,1-2H3/b5-3-,6-4+. The van der Waals surface area contributed by atoms with Gasteiger partial charge in [-0.1, -0.05) is 0 Å². The van der Waals surface area contributed by atoms with Crippen molar-refractivity contribution in [3.8, 4) is 0 Å². The van der Waals surface area contributed by atoms with Crippen LogP contribution in [0.5, 0.6) is 0 Å². The fourth-order valence-electron chi connectivity index (χ4n) is 0.371. The van der Waals surface area contributed by atoms with Crippen molar-refractivity contribution in [2.75, 3.05) is 14.2 Å². The van der Waals surface area contributed by atoms with E-state index in [0.29, 0.717) is 0 Å². The Morgan fingerprint density at radius 3 is 1.69 bits per heavy atom. The maximum Gasteiger partial charge on any atom is 0.330 e. The number of ether oxygens (including phenoxy) is 2. The van der Waals surface area contributed by atoms with E-state index in [0.717, 1.165) is 0 Å². The van der Waals surface area contributed by atoms with Crippen molar-refractivity contribution in [2.24, 2.45) is 0 Å². The highest BCUT2D eigenvalue weighted by Gasteiger charge is 1.90. The van der Waals surface area contributed by atoms with Gasteiger partial charge in [-0.3, -0.25) is 0 Å². The van der Waals surface area contributed by atoms with E-state index in [-0.39, 0.29) is 0 Å². The molecule has 13 heavy (non-hydrogen) atoms. The molecule has 5 heteroatoms. The van der Waals surface area contributed by atoms with E-state index in [1.54, 1.807) is 0 Å². The van der Waals surface area contributed by atoms with E-state index < -0.39 is 11.9 Å². The van der Waals surface area contributed by atoms with Gasteiger partial charge >= 0.3 is 11.9 Å². The van der Waals surface area contributed by atoms with Crippen LogP contribution >= 0.6 is 11.8 Å². The minimum Gasteiger partial charge on any atom is -0.466 e. The molecule has 0 unspecified atom stereocenters. The molecule has 0 fully saturated rings. The van der Waals surface area contributed by atoms with Gasteiger partial charge in [-0.25, -0.2) is 9.59 Å². The molecule has 0 aliphatic heterocycles. The average molecular weight is 202 g/mol. The maximum absolute atomic E-state index is 10.5. The van der Waals surface area contributed by atoms with Crippen molar-refractivity contribution < 1.29 is 19.1 Å². The second kappa shape index (κ2) is 7.42. The van der Waals surface area contributed by atoms with Crippen molar-refractivity contribution in [1.29, 1.82) is 0 Å². The molecular weight excluding hydrogens is 192 g/mol. The molecule has 72 valence electrons. The van der Waals surface area contributed by atoms with Crippen LogP contribution in [0.25, 0.3) is 0 Å². The summed E-state index contributed by atoms with van der Waals surface area (Å²) in [6, 6.07) is 0. The zero-order chi connectivity index (χ0) is 10.1. The van der Waals surface area contributed by atoms with E-state index in [1.807, 2.05) is 0 Å².